The van der Waals surface area contributed by atoms with Crippen LogP contribution in [0.2, 0.25) is 0 Å². The van der Waals surface area contributed by atoms with Crippen molar-refractivity contribution in [3.8, 4) is 11.1 Å². The van der Waals surface area contributed by atoms with Crippen molar-refractivity contribution in [3.63, 3.8) is 0 Å². The molecule has 1 saturated heterocycles. The van der Waals surface area contributed by atoms with Crippen molar-refractivity contribution in [1.82, 2.24) is 9.62 Å². The maximum atomic E-state index is 14.7. The Hall–Kier alpha value is -2.25. The van der Waals surface area contributed by atoms with Crippen molar-refractivity contribution in [2.24, 2.45) is 5.92 Å². The Morgan fingerprint density at radius 3 is 2.57 bits per heavy atom. The van der Waals surface area contributed by atoms with Crippen LogP contribution in [0, 0.1) is 11.7 Å². The normalized spacial score (nSPS) is 24.3. The summed E-state index contributed by atoms with van der Waals surface area (Å²) >= 11 is 0. The molecular weight excluding hydrogens is 403 g/mol. The first-order valence-electron chi connectivity index (χ1n) is 10.4. The van der Waals surface area contributed by atoms with Crippen LogP contribution in [0.5, 0.6) is 0 Å². The van der Waals surface area contributed by atoms with Crippen LogP contribution < -0.4 is 4.72 Å². The lowest BCUT2D eigenvalue weighted by atomic mass is 9.95. The SMILES string of the molecule is CS(=O)(=O)N[C@H]1CCCN(C(=O)[C@@H]2C[C@H]2c2cccc(F)c2-c2ccccc2)CC1. The summed E-state index contributed by atoms with van der Waals surface area (Å²) in [5, 5.41) is 0. The zero-order valence-electron chi connectivity index (χ0n) is 17.1. The number of carbonyl (C=O) groups is 1. The van der Waals surface area contributed by atoms with E-state index in [0.29, 0.717) is 25.1 Å². The fourth-order valence-electron chi connectivity index (χ4n) is 4.54. The van der Waals surface area contributed by atoms with E-state index in [1.165, 1.54) is 12.3 Å². The Labute approximate surface area is 177 Å². The lowest BCUT2D eigenvalue weighted by Crippen LogP contribution is -2.36. The summed E-state index contributed by atoms with van der Waals surface area (Å²) < 4.78 is 40.3. The van der Waals surface area contributed by atoms with Gasteiger partial charge in [-0.3, -0.25) is 4.79 Å². The quantitative estimate of drug-likeness (QED) is 0.789. The van der Waals surface area contributed by atoms with E-state index in [-0.39, 0.29) is 29.6 Å². The van der Waals surface area contributed by atoms with Crippen LogP contribution in [0.15, 0.2) is 48.5 Å². The maximum Gasteiger partial charge on any atom is 0.226 e. The number of nitrogens with one attached hydrogen (secondary N) is 1. The molecule has 3 atom stereocenters. The molecule has 160 valence electrons. The first-order chi connectivity index (χ1) is 14.3. The average Bonchev–Trinajstić information content (AvgIpc) is 3.51. The molecule has 5 nitrogen and oxygen atoms in total. The van der Waals surface area contributed by atoms with Crippen LogP contribution in [0.25, 0.3) is 11.1 Å². The molecule has 1 saturated carbocycles. The summed E-state index contributed by atoms with van der Waals surface area (Å²) in [4.78, 5) is 15.0. The Kier molecular flexibility index (Phi) is 5.93. The number of carbonyl (C=O) groups excluding carboxylic acids is 1. The van der Waals surface area contributed by atoms with Gasteiger partial charge in [-0.1, -0.05) is 42.5 Å². The number of sulfonamides is 1. The van der Waals surface area contributed by atoms with Gasteiger partial charge in [0.25, 0.3) is 0 Å². The second kappa shape index (κ2) is 8.47. The van der Waals surface area contributed by atoms with Gasteiger partial charge in [0.15, 0.2) is 0 Å². The van der Waals surface area contributed by atoms with Gasteiger partial charge >= 0.3 is 0 Å². The van der Waals surface area contributed by atoms with Gasteiger partial charge in [0.2, 0.25) is 15.9 Å². The molecule has 0 unspecified atom stereocenters. The van der Waals surface area contributed by atoms with Crippen molar-refractivity contribution in [3.05, 3.63) is 59.9 Å². The van der Waals surface area contributed by atoms with Crippen LogP contribution >= 0.6 is 0 Å². The van der Waals surface area contributed by atoms with Crippen molar-refractivity contribution < 1.29 is 17.6 Å². The minimum absolute atomic E-state index is 0.0246. The summed E-state index contributed by atoms with van der Waals surface area (Å²) in [5.41, 5.74) is 2.31. The molecule has 0 spiro atoms. The standard InChI is InChI=1S/C23H27FN2O3S/c1-30(28,29)25-17-9-6-13-26(14-12-17)23(27)20-15-19(20)18-10-5-11-21(24)22(18)16-7-3-2-4-8-16/h2-5,7-8,10-11,17,19-20,25H,6,9,12-15H2,1H3/t17-,19-,20+/m0/s1. The van der Waals surface area contributed by atoms with Gasteiger partial charge in [-0.05, 0) is 48.8 Å². The Bertz CT molecular complexity index is 1030. The molecule has 0 aromatic heterocycles. The number of rotatable bonds is 5. The van der Waals surface area contributed by atoms with E-state index in [1.807, 2.05) is 41.3 Å². The second-order valence-corrected chi connectivity index (χ2v) is 10.1. The van der Waals surface area contributed by atoms with Crippen LogP contribution in [-0.4, -0.2) is 44.6 Å². The summed E-state index contributed by atoms with van der Waals surface area (Å²) in [5.74, 6) is -0.269. The molecule has 0 radical (unpaired) electrons. The molecule has 4 rings (SSSR count). The Balaban J connectivity index is 1.46. The first kappa shape index (κ1) is 21.0. The van der Waals surface area contributed by atoms with E-state index < -0.39 is 10.0 Å². The van der Waals surface area contributed by atoms with Gasteiger partial charge < -0.3 is 4.90 Å². The number of likely N-dealkylation sites (tertiary alicyclic amines) is 1. The molecule has 1 aliphatic heterocycles. The third-order valence-corrected chi connectivity index (χ3v) is 6.80. The van der Waals surface area contributed by atoms with Gasteiger partial charge in [-0.2, -0.15) is 0 Å². The smallest absolute Gasteiger partial charge is 0.226 e. The molecule has 2 aromatic carbocycles. The van der Waals surface area contributed by atoms with E-state index in [1.54, 1.807) is 6.07 Å². The molecule has 1 heterocycles. The molecule has 1 aliphatic carbocycles. The molecule has 2 aromatic rings. The number of amides is 1. The molecule has 30 heavy (non-hydrogen) atoms. The monoisotopic (exact) mass is 430 g/mol. The molecule has 1 N–H and O–H groups in total. The van der Waals surface area contributed by atoms with Crippen LogP contribution in [-0.2, 0) is 14.8 Å². The molecule has 2 aliphatic rings. The van der Waals surface area contributed by atoms with E-state index in [4.69, 9.17) is 0 Å². The Morgan fingerprint density at radius 2 is 1.83 bits per heavy atom. The number of nitrogens with zero attached hydrogens (tertiary/aromatic N) is 1. The molecular formula is C23H27FN2O3S. The second-order valence-electron chi connectivity index (χ2n) is 8.36. The summed E-state index contributed by atoms with van der Waals surface area (Å²) in [7, 11) is -3.25. The van der Waals surface area contributed by atoms with Gasteiger partial charge in [-0.15, -0.1) is 0 Å². The Morgan fingerprint density at radius 1 is 1.07 bits per heavy atom. The summed E-state index contributed by atoms with van der Waals surface area (Å²) in [6.45, 7) is 1.18. The highest BCUT2D eigenvalue weighted by Gasteiger charge is 2.47. The fraction of sp³-hybridized carbons (Fsp3) is 0.435. The lowest BCUT2D eigenvalue weighted by molar-refractivity contribution is -0.132. The van der Waals surface area contributed by atoms with Gasteiger partial charge in [0.1, 0.15) is 5.82 Å². The first-order valence-corrected chi connectivity index (χ1v) is 12.3. The van der Waals surface area contributed by atoms with Crippen molar-refractivity contribution in [2.75, 3.05) is 19.3 Å². The van der Waals surface area contributed by atoms with E-state index >= 15 is 0 Å². The van der Waals surface area contributed by atoms with E-state index in [2.05, 4.69) is 4.72 Å². The molecule has 7 heteroatoms. The number of halogens is 1. The highest BCUT2D eigenvalue weighted by molar-refractivity contribution is 7.88. The highest BCUT2D eigenvalue weighted by atomic mass is 32.2. The van der Waals surface area contributed by atoms with E-state index in [9.17, 15) is 17.6 Å². The fourth-order valence-corrected chi connectivity index (χ4v) is 5.38. The zero-order chi connectivity index (χ0) is 21.3. The molecule has 0 bridgehead atoms. The van der Waals surface area contributed by atoms with Crippen molar-refractivity contribution in [2.45, 2.75) is 37.6 Å². The number of hydrogen-bond acceptors (Lipinski definition) is 3. The maximum absolute atomic E-state index is 14.7. The summed E-state index contributed by atoms with van der Waals surface area (Å²) in [6.07, 6.45) is 4.01. The van der Waals surface area contributed by atoms with Gasteiger partial charge in [-0.25, -0.2) is 17.5 Å². The predicted octanol–water partition coefficient (Wildman–Crippen LogP) is 3.53. The topological polar surface area (TPSA) is 66.5 Å². The zero-order valence-corrected chi connectivity index (χ0v) is 17.9. The minimum atomic E-state index is -3.25. The number of hydrogen-bond donors (Lipinski definition) is 1. The van der Waals surface area contributed by atoms with Crippen LogP contribution in [0.4, 0.5) is 4.39 Å². The molecule has 2 fully saturated rings. The third kappa shape index (κ3) is 4.73. The third-order valence-electron chi connectivity index (χ3n) is 6.04. The molecule has 1 amide bonds. The van der Waals surface area contributed by atoms with Crippen LogP contribution in [0.1, 0.15) is 37.2 Å². The van der Waals surface area contributed by atoms with Crippen molar-refractivity contribution >= 4 is 15.9 Å². The predicted molar refractivity (Wildman–Crippen MR) is 115 cm³/mol. The van der Waals surface area contributed by atoms with Gasteiger partial charge in [0, 0.05) is 30.6 Å². The van der Waals surface area contributed by atoms with E-state index in [0.717, 1.165) is 30.4 Å². The largest absolute Gasteiger partial charge is 0.342 e. The van der Waals surface area contributed by atoms with Crippen LogP contribution in [0.3, 0.4) is 0 Å². The summed E-state index contributed by atoms with van der Waals surface area (Å²) in [6, 6.07) is 14.4. The lowest BCUT2D eigenvalue weighted by Gasteiger charge is -2.21. The highest BCUT2D eigenvalue weighted by Crippen LogP contribution is 2.51. The number of benzene rings is 2. The average molecular weight is 431 g/mol. The minimum Gasteiger partial charge on any atom is -0.342 e. The van der Waals surface area contributed by atoms with Gasteiger partial charge in [0.05, 0.1) is 6.26 Å². The van der Waals surface area contributed by atoms with Crippen molar-refractivity contribution in [1.29, 1.82) is 0 Å².